The van der Waals surface area contributed by atoms with Gasteiger partial charge in [-0.05, 0) is 29.7 Å². The number of halogens is 1. The summed E-state index contributed by atoms with van der Waals surface area (Å²) >= 11 is 3.75. The summed E-state index contributed by atoms with van der Waals surface area (Å²) < 4.78 is 0. The molecule has 2 aromatic carbocycles. The van der Waals surface area contributed by atoms with Gasteiger partial charge in [0.2, 0.25) is 5.91 Å². The Hall–Kier alpha value is -1.61. The van der Waals surface area contributed by atoms with Gasteiger partial charge in [-0.25, -0.2) is 0 Å². The third kappa shape index (κ3) is 2.43. The van der Waals surface area contributed by atoms with Crippen LogP contribution in [-0.4, -0.2) is 5.91 Å². The van der Waals surface area contributed by atoms with Gasteiger partial charge in [0.25, 0.3) is 0 Å². The van der Waals surface area contributed by atoms with Crippen LogP contribution in [0.1, 0.15) is 27.1 Å². The highest BCUT2D eigenvalue weighted by molar-refractivity contribution is 9.09. The largest absolute Gasteiger partial charge is 0.326 e. The van der Waals surface area contributed by atoms with Gasteiger partial charge in [0.15, 0.2) is 0 Å². The number of rotatable bonds is 2. The van der Waals surface area contributed by atoms with Crippen molar-refractivity contribution < 1.29 is 4.79 Å². The minimum Gasteiger partial charge on any atom is -0.326 e. The summed E-state index contributed by atoms with van der Waals surface area (Å²) in [6.45, 7) is 2.09. The Bertz CT molecular complexity index is 651. The van der Waals surface area contributed by atoms with Crippen molar-refractivity contribution >= 4 is 27.5 Å². The van der Waals surface area contributed by atoms with Crippen LogP contribution in [0.15, 0.2) is 42.5 Å². The third-order valence-electron chi connectivity index (χ3n) is 3.38. The number of carbonyl (C=O) groups excluding carboxylic acids is 1. The maximum Gasteiger partial charge on any atom is 0.228 e. The molecule has 1 N–H and O–H groups in total. The molecule has 1 amide bonds. The van der Waals surface area contributed by atoms with Gasteiger partial charge in [-0.1, -0.05) is 57.9 Å². The summed E-state index contributed by atoms with van der Waals surface area (Å²) in [5.41, 5.74) is 5.69. The molecule has 0 aliphatic carbocycles. The Morgan fingerprint density at radius 2 is 1.95 bits per heavy atom. The molecule has 0 radical (unpaired) electrons. The average molecular weight is 316 g/mol. The average Bonchev–Trinajstić information content (AvgIpc) is 2.76. The molecule has 3 rings (SSSR count). The van der Waals surface area contributed by atoms with E-state index in [1.165, 1.54) is 16.7 Å². The number of benzene rings is 2. The zero-order valence-electron chi connectivity index (χ0n) is 10.6. The molecular weight excluding hydrogens is 302 g/mol. The number of hydrogen-bond acceptors (Lipinski definition) is 1. The highest BCUT2D eigenvalue weighted by Crippen LogP contribution is 2.34. The van der Waals surface area contributed by atoms with E-state index < -0.39 is 0 Å². The smallest absolute Gasteiger partial charge is 0.228 e. The number of nitrogens with one attached hydrogen (secondary N) is 1. The molecular formula is C16H14BrNO. The van der Waals surface area contributed by atoms with Crippen molar-refractivity contribution in [1.82, 2.24) is 0 Å². The zero-order valence-corrected chi connectivity index (χ0v) is 12.2. The van der Waals surface area contributed by atoms with E-state index in [1.54, 1.807) is 0 Å². The van der Waals surface area contributed by atoms with Crippen molar-refractivity contribution in [2.24, 2.45) is 0 Å². The zero-order chi connectivity index (χ0) is 13.4. The number of fused-ring (bicyclic) bond motifs is 1. The number of aryl methyl sites for hydroxylation is 1. The maximum atomic E-state index is 11.4. The quantitative estimate of drug-likeness (QED) is 0.835. The SMILES string of the molecule is Cc1cccc(C(Br)c2ccc3c(c2)CC(=O)N3)c1. The minimum absolute atomic E-state index is 0.0776. The van der Waals surface area contributed by atoms with Crippen LogP contribution in [0.4, 0.5) is 5.69 Å². The molecule has 1 aliphatic rings. The lowest BCUT2D eigenvalue weighted by Crippen LogP contribution is -2.03. The molecule has 0 fully saturated rings. The van der Waals surface area contributed by atoms with Gasteiger partial charge in [-0.3, -0.25) is 4.79 Å². The summed E-state index contributed by atoms with van der Waals surface area (Å²) in [6, 6.07) is 14.6. The lowest BCUT2D eigenvalue weighted by molar-refractivity contribution is -0.115. The second-order valence-electron chi connectivity index (χ2n) is 4.92. The molecule has 2 aromatic rings. The lowest BCUT2D eigenvalue weighted by Gasteiger charge is -2.12. The fourth-order valence-corrected chi connectivity index (χ4v) is 3.00. The van der Waals surface area contributed by atoms with Crippen molar-refractivity contribution in [2.75, 3.05) is 5.32 Å². The Morgan fingerprint density at radius 1 is 1.16 bits per heavy atom. The lowest BCUT2D eigenvalue weighted by atomic mass is 10.0. The van der Waals surface area contributed by atoms with Crippen LogP contribution in [-0.2, 0) is 11.2 Å². The molecule has 0 saturated carbocycles. The van der Waals surface area contributed by atoms with E-state index in [-0.39, 0.29) is 10.7 Å². The predicted octanol–water partition coefficient (Wildman–Crippen LogP) is 3.97. The molecule has 2 nitrogen and oxygen atoms in total. The summed E-state index contributed by atoms with van der Waals surface area (Å²) in [4.78, 5) is 11.5. The van der Waals surface area contributed by atoms with Crippen LogP contribution in [0.5, 0.6) is 0 Å². The second kappa shape index (κ2) is 4.82. The summed E-state index contributed by atoms with van der Waals surface area (Å²) in [6.07, 6.45) is 0.483. The topological polar surface area (TPSA) is 29.1 Å². The molecule has 0 aromatic heterocycles. The van der Waals surface area contributed by atoms with Crippen molar-refractivity contribution in [3.05, 3.63) is 64.7 Å². The minimum atomic E-state index is 0.0776. The van der Waals surface area contributed by atoms with E-state index in [0.717, 1.165) is 11.3 Å². The monoisotopic (exact) mass is 315 g/mol. The van der Waals surface area contributed by atoms with E-state index >= 15 is 0 Å². The van der Waals surface area contributed by atoms with Crippen molar-refractivity contribution in [3.63, 3.8) is 0 Å². The molecule has 1 unspecified atom stereocenters. The molecule has 1 aliphatic heterocycles. The first kappa shape index (κ1) is 12.4. The molecule has 3 heteroatoms. The van der Waals surface area contributed by atoms with Crippen LogP contribution in [0.25, 0.3) is 0 Å². The van der Waals surface area contributed by atoms with E-state index in [9.17, 15) is 4.79 Å². The Balaban J connectivity index is 1.95. The number of carbonyl (C=O) groups is 1. The Labute approximate surface area is 121 Å². The highest BCUT2D eigenvalue weighted by Gasteiger charge is 2.19. The standard InChI is InChI=1S/C16H14BrNO/c1-10-3-2-4-11(7-10)16(17)12-5-6-14-13(8-12)9-15(19)18-14/h2-8,16H,9H2,1H3,(H,18,19). The van der Waals surface area contributed by atoms with Gasteiger partial charge in [0.05, 0.1) is 11.2 Å². The Kier molecular flexibility index (Phi) is 3.15. The highest BCUT2D eigenvalue weighted by atomic mass is 79.9. The molecule has 19 heavy (non-hydrogen) atoms. The molecule has 1 atom stereocenters. The van der Waals surface area contributed by atoms with Crippen LogP contribution >= 0.6 is 15.9 Å². The van der Waals surface area contributed by atoms with Gasteiger partial charge < -0.3 is 5.32 Å². The summed E-state index contributed by atoms with van der Waals surface area (Å²) in [7, 11) is 0. The third-order valence-corrected chi connectivity index (χ3v) is 4.44. The van der Waals surface area contributed by atoms with Crippen LogP contribution in [0.3, 0.4) is 0 Å². The van der Waals surface area contributed by atoms with Gasteiger partial charge in [0, 0.05) is 5.69 Å². The predicted molar refractivity (Wildman–Crippen MR) is 80.7 cm³/mol. The first-order chi connectivity index (χ1) is 9.13. The van der Waals surface area contributed by atoms with Crippen molar-refractivity contribution in [2.45, 2.75) is 18.2 Å². The normalized spacial score (nSPS) is 14.9. The molecule has 0 spiro atoms. The van der Waals surface area contributed by atoms with Gasteiger partial charge in [0.1, 0.15) is 0 Å². The van der Waals surface area contributed by atoms with Gasteiger partial charge in [-0.2, -0.15) is 0 Å². The van der Waals surface area contributed by atoms with Gasteiger partial charge in [-0.15, -0.1) is 0 Å². The molecule has 96 valence electrons. The van der Waals surface area contributed by atoms with Crippen LogP contribution in [0.2, 0.25) is 0 Å². The van der Waals surface area contributed by atoms with Crippen molar-refractivity contribution in [3.8, 4) is 0 Å². The van der Waals surface area contributed by atoms with Gasteiger partial charge >= 0.3 is 0 Å². The van der Waals surface area contributed by atoms with E-state index in [2.05, 4.69) is 64.6 Å². The summed E-state index contributed by atoms with van der Waals surface area (Å²) in [5.74, 6) is 0.0776. The van der Waals surface area contributed by atoms with E-state index in [1.807, 2.05) is 6.07 Å². The van der Waals surface area contributed by atoms with Crippen LogP contribution in [0, 0.1) is 6.92 Å². The van der Waals surface area contributed by atoms with Crippen LogP contribution < -0.4 is 5.32 Å². The second-order valence-corrected chi connectivity index (χ2v) is 5.83. The maximum absolute atomic E-state index is 11.4. The number of hydrogen-bond donors (Lipinski definition) is 1. The Morgan fingerprint density at radius 3 is 2.74 bits per heavy atom. The number of anilines is 1. The fraction of sp³-hybridized carbons (Fsp3) is 0.188. The molecule has 0 saturated heterocycles. The number of amides is 1. The van der Waals surface area contributed by atoms with E-state index in [4.69, 9.17) is 0 Å². The molecule has 1 heterocycles. The van der Waals surface area contributed by atoms with E-state index in [0.29, 0.717) is 6.42 Å². The van der Waals surface area contributed by atoms with Crippen molar-refractivity contribution in [1.29, 1.82) is 0 Å². The fourth-order valence-electron chi connectivity index (χ4n) is 2.43. The number of alkyl halides is 1. The molecule has 0 bridgehead atoms. The first-order valence-corrected chi connectivity index (χ1v) is 7.18. The first-order valence-electron chi connectivity index (χ1n) is 6.27. The summed E-state index contributed by atoms with van der Waals surface area (Å²) in [5, 5.41) is 2.86.